The van der Waals surface area contributed by atoms with Gasteiger partial charge in [-0.3, -0.25) is 4.79 Å². The minimum atomic E-state index is -2.87. The van der Waals surface area contributed by atoms with Crippen molar-refractivity contribution in [1.29, 1.82) is 0 Å². The van der Waals surface area contributed by atoms with Gasteiger partial charge >= 0.3 is 0 Å². The van der Waals surface area contributed by atoms with E-state index in [0.717, 1.165) is 25.8 Å². The fourth-order valence-electron chi connectivity index (χ4n) is 3.36. The molecule has 0 unspecified atom stereocenters. The fourth-order valence-corrected chi connectivity index (χ4v) is 5.23. The molecule has 2 fully saturated rings. The highest BCUT2D eigenvalue weighted by molar-refractivity contribution is 7.91. The first kappa shape index (κ1) is 14.8. The number of rotatable bonds is 5. The average molecular weight is 287 g/mol. The van der Waals surface area contributed by atoms with Crippen LogP contribution in [0.15, 0.2) is 0 Å². The highest BCUT2D eigenvalue weighted by Crippen LogP contribution is 2.27. The van der Waals surface area contributed by atoms with Gasteiger partial charge in [0.2, 0.25) is 5.91 Å². The number of hydrogen-bond donors (Lipinski definition) is 0. The maximum Gasteiger partial charge on any atom is 0.223 e. The molecule has 0 spiro atoms. The molecule has 1 atom stereocenters. The van der Waals surface area contributed by atoms with Gasteiger partial charge in [-0.25, -0.2) is 8.42 Å². The molecule has 1 aliphatic heterocycles. The number of sulfone groups is 1. The summed E-state index contributed by atoms with van der Waals surface area (Å²) in [6.07, 6.45) is 6.75. The van der Waals surface area contributed by atoms with E-state index in [-0.39, 0.29) is 23.3 Å². The number of carbonyl (C=O) groups is 1. The molecule has 0 N–H and O–H groups in total. The number of carbonyl (C=O) groups excluding carboxylic acids is 1. The van der Waals surface area contributed by atoms with Crippen molar-refractivity contribution >= 4 is 15.7 Å². The van der Waals surface area contributed by atoms with E-state index in [4.69, 9.17) is 0 Å². The molecule has 2 aliphatic rings. The summed E-state index contributed by atoms with van der Waals surface area (Å²) in [6, 6.07) is 0.408. The third-order valence-electron chi connectivity index (χ3n) is 4.34. The lowest BCUT2D eigenvalue weighted by molar-refractivity contribution is -0.134. The Morgan fingerprint density at radius 3 is 2.42 bits per heavy atom. The highest BCUT2D eigenvalue weighted by atomic mass is 32.2. The predicted octanol–water partition coefficient (Wildman–Crippen LogP) is 1.99. The molecule has 1 heterocycles. The Morgan fingerprint density at radius 2 is 1.89 bits per heavy atom. The van der Waals surface area contributed by atoms with Crippen LogP contribution in [0.4, 0.5) is 0 Å². The Labute approximate surface area is 116 Å². The molecule has 0 aromatic carbocycles. The molecule has 0 aromatic rings. The molecule has 1 saturated heterocycles. The average Bonchev–Trinajstić information content (AvgIpc) is 2.95. The van der Waals surface area contributed by atoms with E-state index < -0.39 is 9.84 Å². The van der Waals surface area contributed by atoms with E-state index in [2.05, 4.69) is 6.92 Å². The Bertz CT molecular complexity index is 412. The second-order valence-electron chi connectivity index (χ2n) is 6.00. The van der Waals surface area contributed by atoms with Gasteiger partial charge in [-0.1, -0.05) is 19.8 Å². The molecule has 5 heteroatoms. The summed E-state index contributed by atoms with van der Waals surface area (Å²) in [5.74, 6) is 0.708. The second-order valence-corrected chi connectivity index (χ2v) is 8.23. The summed E-state index contributed by atoms with van der Waals surface area (Å²) in [5.41, 5.74) is 0. The molecular weight excluding hydrogens is 262 g/mol. The third-order valence-corrected chi connectivity index (χ3v) is 6.18. The van der Waals surface area contributed by atoms with Crippen LogP contribution in [0.25, 0.3) is 0 Å². The van der Waals surface area contributed by atoms with Gasteiger partial charge in [0, 0.05) is 19.0 Å². The first-order chi connectivity index (χ1) is 9.02. The quantitative estimate of drug-likeness (QED) is 0.777. The van der Waals surface area contributed by atoms with E-state index in [0.29, 0.717) is 18.9 Å². The van der Waals surface area contributed by atoms with E-state index in [1.807, 2.05) is 4.90 Å². The molecule has 0 bridgehead atoms. The second kappa shape index (κ2) is 6.25. The van der Waals surface area contributed by atoms with Crippen LogP contribution in [0.5, 0.6) is 0 Å². The lowest BCUT2D eigenvalue weighted by atomic mass is 10.0. The fraction of sp³-hybridized carbons (Fsp3) is 0.929. The zero-order chi connectivity index (χ0) is 13.9. The summed E-state index contributed by atoms with van der Waals surface area (Å²) >= 11 is 0. The van der Waals surface area contributed by atoms with Crippen molar-refractivity contribution in [3.63, 3.8) is 0 Å². The summed E-state index contributed by atoms with van der Waals surface area (Å²) < 4.78 is 22.9. The van der Waals surface area contributed by atoms with Crippen molar-refractivity contribution in [3.8, 4) is 0 Å². The third kappa shape index (κ3) is 3.94. The Kier molecular flexibility index (Phi) is 4.87. The predicted molar refractivity (Wildman–Crippen MR) is 75.6 cm³/mol. The van der Waals surface area contributed by atoms with Crippen LogP contribution >= 0.6 is 0 Å². The first-order valence-electron chi connectivity index (χ1n) is 7.51. The number of amides is 1. The summed E-state index contributed by atoms with van der Waals surface area (Å²) in [7, 11) is -2.87. The summed E-state index contributed by atoms with van der Waals surface area (Å²) in [6.45, 7) is 2.91. The first-order valence-corrected chi connectivity index (χ1v) is 9.34. The molecule has 1 saturated carbocycles. The van der Waals surface area contributed by atoms with Crippen molar-refractivity contribution in [2.45, 2.75) is 57.9 Å². The van der Waals surface area contributed by atoms with Crippen molar-refractivity contribution in [2.75, 3.05) is 18.1 Å². The lowest BCUT2D eigenvalue weighted by Crippen LogP contribution is -2.40. The molecule has 19 heavy (non-hydrogen) atoms. The smallest absolute Gasteiger partial charge is 0.223 e. The van der Waals surface area contributed by atoms with Crippen molar-refractivity contribution in [1.82, 2.24) is 4.90 Å². The van der Waals surface area contributed by atoms with Crippen molar-refractivity contribution in [2.24, 2.45) is 5.92 Å². The molecule has 1 aliphatic carbocycles. The summed E-state index contributed by atoms with van der Waals surface area (Å²) in [5, 5.41) is 0. The Morgan fingerprint density at radius 1 is 1.21 bits per heavy atom. The van der Waals surface area contributed by atoms with Crippen LogP contribution in [0, 0.1) is 5.92 Å². The Hall–Kier alpha value is -0.580. The topological polar surface area (TPSA) is 54.5 Å². The zero-order valence-electron chi connectivity index (χ0n) is 11.8. The van der Waals surface area contributed by atoms with E-state index in [1.165, 1.54) is 12.8 Å². The maximum atomic E-state index is 12.4. The monoisotopic (exact) mass is 287 g/mol. The van der Waals surface area contributed by atoms with Crippen LogP contribution in [0.3, 0.4) is 0 Å². The van der Waals surface area contributed by atoms with Gasteiger partial charge in [0.15, 0.2) is 9.84 Å². The molecule has 0 aromatic heterocycles. The summed E-state index contributed by atoms with van der Waals surface area (Å²) in [4.78, 5) is 14.4. The van der Waals surface area contributed by atoms with Crippen LogP contribution in [0.2, 0.25) is 0 Å². The van der Waals surface area contributed by atoms with E-state index in [9.17, 15) is 13.2 Å². The normalized spacial score (nSPS) is 26.7. The van der Waals surface area contributed by atoms with Crippen LogP contribution in [-0.4, -0.2) is 43.3 Å². The van der Waals surface area contributed by atoms with Gasteiger partial charge < -0.3 is 4.90 Å². The van der Waals surface area contributed by atoms with Crippen molar-refractivity contribution < 1.29 is 13.2 Å². The maximum absolute atomic E-state index is 12.4. The molecule has 4 nitrogen and oxygen atoms in total. The number of nitrogens with zero attached hydrogens (tertiary/aromatic N) is 1. The zero-order valence-corrected chi connectivity index (χ0v) is 12.6. The van der Waals surface area contributed by atoms with Gasteiger partial charge in [-0.2, -0.15) is 0 Å². The Balaban J connectivity index is 1.92. The molecule has 0 radical (unpaired) electrons. The van der Waals surface area contributed by atoms with Gasteiger partial charge in [0.05, 0.1) is 11.5 Å². The van der Waals surface area contributed by atoms with Gasteiger partial charge in [-0.15, -0.1) is 0 Å². The minimum Gasteiger partial charge on any atom is -0.340 e. The minimum absolute atomic E-state index is 0.0539. The van der Waals surface area contributed by atoms with Gasteiger partial charge in [0.1, 0.15) is 0 Å². The van der Waals surface area contributed by atoms with E-state index >= 15 is 0 Å². The molecule has 110 valence electrons. The van der Waals surface area contributed by atoms with E-state index in [1.54, 1.807) is 0 Å². The lowest BCUT2D eigenvalue weighted by Gasteiger charge is -2.29. The van der Waals surface area contributed by atoms with Gasteiger partial charge in [0.25, 0.3) is 0 Å². The molecule has 2 rings (SSSR count). The van der Waals surface area contributed by atoms with Gasteiger partial charge in [-0.05, 0) is 31.6 Å². The van der Waals surface area contributed by atoms with Crippen LogP contribution in [0.1, 0.15) is 51.9 Å². The molecule has 1 amide bonds. The van der Waals surface area contributed by atoms with Crippen LogP contribution < -0.4 is 0 Å². The largest absolute Gasteiger partial charge is 0.340 e. The highest BCUT2D eigenvalue weighted by Gasteiger charge is 2.32. The SMILES string of the molecule is CCCN(C(=O)C[C@H]1CCS(=O)(=O)C1)C1CCCC1. The van der Waals surface area contributed by atoms with Crippen LogP contribution in [-0.2, 0) is 14.6 Å². The number of hydrogen-bond acceptors (Lipinski definition) is 3. The van der Waals surface area contributed by atoms with Crippen molar-refractivity contribution in [3.05, 3.63) is 0 Å². The standard InChI is InChI=1S/C14H25NO3S/c1-2-8-15(13-5-3-4-6-13)14(16)10-12-7-9-19(17,18)11-12/h12-13H,2-11H2,1H3/t12-/m1/s1. The molecular formula is C14H25NO3S.